The molecule has 2 atom stereocenters. The Bertz CT molecular complexity index is 883. The Hall–Kier alpha value is -2.37. The topological polar surface area (TPSA) is 51.0 Å². The zero-order valence-corrected chi connectivity index (χ0v) is 15.3. The summed E-state index contributed by atoms with van der Waals surface area (Å²) in [6.07, 6.45) is 1.16. The van der Waals surface area contributed by atoms with Crippen molar-refractivity contribution in [2.45, 2.75) is 25.4 Å². The Labute approximate surface area is 157 Å². The minimum Gasteiger partial charge on any atom is -0.495 e. The highest BCUT2D eigenvalue weighted by Crippen LogP contribution is 2.31. The van der Waals surface area contributed by atoms with Gasteiger partial charge in [0.25, 0.3) is 5.91 Å². The number of benzene rings is 2. The van der Waals surface area contributed by atoms with Gasteiger partial charge in [0.2, 0.25) is 5.91 Å². The summed E-state index contributed by atoms with van der Waals surface area (Å²) in [6.45, 7) is 1.63. The summed E-state index contributed by atoms with van der Waals surface area (Å²) in [4.78, 5) is 28.0. The maximum atomic E-state index is 13.0. The molecule has 26 heavy (non-hydrogen) atoms. The van der Waals surface area contributed by atoms with E-state index in [1.807, 2.05) is 12.1 Å². The van der Waals surface area contributed by atoms with Crippen molar-refractivity contribution in [3.8, 4) is 5.75 Å². The lowest BCUT2D eigenvalue weighted by molar-refractivity contribution is -0.930. The first kappa shape index (κ1) is 17.1. The highest BCUT2D eigenvalue weighted by Gasteiger charge is 2.46. The van der Waals surface area contributed by atoms with Crippen molar-refractivity contribution in [3.63, 3.8) is 0 Å². The van der Waals surface area contributed by atoms with Crippen molar-refractivity contribution >= 4 is 29.1 Å². The van der Waals surface area contributed by atoms with Crippen LogP contribution in [0, 0.1) is 0 Å². The Morgan fingerprint density at radius 1 is 1.15 bits per heavy atom. The summed E-state index contributed by atoms with van der Waals surface area (Å²) in [5.74, 6) is 0.197. The molecule has 0 spiro atoms. The number of hydrogen-bond acceptors (Lipinski definition) is 3. The Kier molecular flexibility index (Phi) is 4.42. The maximum absolute atomic E-state index is 13.0. The van der Waals surface area contributed by atoms with E-state index >= 15 is 0 Å². The third-order valence-electron chi connectivity index (χ3n) is 5.28. The molecule has 2 aliphatic rings. The number of imide groups is 1. The zero-order valence-electron chi connectivity index (χ0n) is 14.5. The monoisotopic (exact) mass is 371 g/mol. The number of carbonyl (C=O) groups excluding carboxylic acids is 2. The first-order valence-electron chi connectivity index (χ1n) is 8.70. The molecule has 0 aliphatic carbocycles. The van der Waals surface area contributed by atoms with Gasteiger partial charge in [-0.3, -0.25) is 9.59 Å². The molecule has 5 nitrogen and oxygen atoms in total. The number of quaternary nitrogens is 1. The predicted molar refractivity (Wildman–Crippen MR) is 98.6 cm³/mol. The average molecular weight is 372 g/mol. The number of methoxy groups -OCH3 is 1. The molecule has 1 N–H and O–H groups in total. The summed E-state index contributed by atoms with van der Waals surface area (Å²) in [7, 11) is 1.53. The van der Waals surface area contributed by atoms with Crippen molar-refractivity contribution in [2.75, 3.05) is 18.6 Å². The number of amides is 2. The molecule has 134 valence electrons. The molecule has 6 heteroatoms. The average Bonchev–Trinajstić information content (AvgIpc) is 2.95. The van der Waals surface area contributed by atoms with Crippen molar-refractivity contribution in [1.29, 1.82) is 0 Å². The van der Waals surface area contributed by atoms with Crippen LogP contribution in [-0.2, 0) is 22.6 Å². The normalized spacial score (nSPS) is 22.5. The molecule has 0 radical (unpaired) electrons. The third-order valence-corrected chi connectivity index (χ3v) is 5.58. The molecule has 1 fully saturated rings. The van der Waals surface area contributed by atoms with Crippen LogP contribution < -0.4 is 14.5 Å². The van der Waals surface area contributed by atoms with E-state index in [0.29, 0.717) is 16.5 Å². The molecule has 0 bridgehead atoms. The van der Waals surface area contributed by atoms with Crippen molar-refractivity contribution in [1.82, 2.24) is 0 Å². The van der Waals surface area contributed by atoms with Crippen LogP contribution in [0.25, 0.3) is 0 Å². The number of nitrogens with zero attached hydrogens (tertiary/aromatic N) is 1. The van der Waals surface area contributed by atoms with Gasteiger partial charge in [0.15, 0.2) is 6.04 Å². The molecule has 2 aliphatic heterocycles. The largest absolute Gasteiger partial charge is 0.495 e. The fraction of sp³-hybridized carbons (Fsp3) is 0.300. The first-order chi connectivity index (χ1) is 12.6. The number of hydrogen-bond donors (Lipinski definition) is 1. The number of anilines is 1. The minimum atomic E-state index is -0.336. The van der Waals surface area contributed by atoms with E-state index in [-0.39, 0.29) is 24.3 Å². The molecule has 2 heterocycles. The summed E-state index contributed by atoms with van der Waals surface area (Å²) >= 11 is 6.17. The Morgan fingerprint density at radius 2 is 1.92 bits per heavy atom. The van der Waals surface area contributed by atoms with E-state index in [4.69, 9.17) is 16.3 Å². The van der Waals surface area contributed by atoms with Gasteiger partial charge in [-0.25, -0.2) is 4.90 Å². The molecule has 0 aromatic heterocycles. The van der Waals surface area contributed by atoms with Gasteiger partial charge in [0, 0.05) is 12.0 Å². The Morgan fingerprint density at radius 3 is 2.65 bits per heavy atom. The fourth-order valence-electron chi connectivity index (χ4n) is 3.92. The molecule has 2 aromatic carbocycles. The molecule has 0 saturated carbocycles. The van der Waals surface area contributed by atoms with Crippen LogP contribution in [0.1, 0.15) is 17.5 Å². The summed E-state index contributed by atoms with van der Waals surface area (Å²) in [6, 6.07) is 13.0. The molecule has 1 saturated heterocycles. The van der Waals surface area contributed by atoms with E-state index in [1.165, 1.54) is 23.1 Å². The highest BCUT2D eigenvalue weighted by molar-refractivity contribution is 6.32. The molecular weight excluding hydrogens is 352 g/mol. The third kappa shape index (κ3) is 2.87. The summed E-state index contributed by atoms with van der Waals surface area (Å²) in [5.41, 5.74) is 3.11. The molecule has 1 unspecified atom stereocenters. The number of ether oxygens (including phenoxy) is 1. The van der Waals surface area contributed by atoms with Gasteiger partial charge in [-0.15, -0.1) is 0 Å². The second kappa shape index (κ2) is 6.74. The van der Waals surface area contributed by atoms with Crippen molar-refractivity contribution < 1.29 is 19.2 Å². The molecule has 4 rings (SSSR count). The minimum absolute atomic E-state index is 0.148. The quantitative estimate of drug-likeness (QED) is 0.834. The summed E-state index contributed by atoms with van der Waals surface area (Å²) in [5, 5.41) is 0.383. The van der Waals surface area contributed by atoms with Crippen LogP contribution in [0.3, 0.4) is 0 Å². The highest BCUT2D eigenvalue weighted by atomic mass is 35.5. The number of fused-ring (bicyclic) bond motifs is 1. The standard InChI is InChI=1S/C20H19ClN2O3/c1-26-18-7-6-15(10-16(18)21)23-19(24)11-17(20(23)25)22-9-8-13-4-2-3-5-14(13)12-22/h2-7,10,17H,8-9,11-12H2,1H3/p+1/t17-/m1/s1. The van der Waals surface area contributed by atoms with Gasteiger partial charge in [-0.05, 0) is 23.8 Å². The van der Waals surface area contributed by atoms with E-state index < -0.39 is 0 Å². The van der Waals surface area contributed by atoms with Crippen molar-refractivity contribution in [2.24, 2.45) is 0 Å². The SMILES string of the molecule is COc1ccc(N2C(=O)C[C@@H]([NH+]3CCc4ccccc4C3)C2=O)cc1Cl. The van der Waals surface area contributed by atoms with Gasteiger partial charge < -0.3 is 9.64 Å². The number of nitrogens with one attached hydrogen (secondary N) is 1. The molecule has 2 amide bonds. The van der Waals surface area contributed by atoms with Gasteiger partial charge >= 0.3 is 0 Å². The maximum Gasteiger partial charge on any atom is 0.292 e. The van der Waals surface area contributed by atoms with E-state index in [0.717, 1.165) is 24.4 Å². The Balaban J connectivity index is 1.57. The van der Waals surface area contributed by atoms with Crippen LogP contribution in [0.5, 0.6) is 5.75 Å². The van der Waals surface area contributed by atoms with E-state index in [2.05, 4.69) is 12.1 Å². The van der Waals surface area contributed by atoms with Crippen LogP contribution in [0.2, 0.25) is 5.02 Å². The van der Waals surface area contributed by atoms with Gasteiger partial charge in [-0.2, -0.15) is 0 Å². The lowest BCUT2D eigenvalue weighted by Crippen LogP contribution is -3.16. The van der Waals surface area contributed by atoms with E-state index in [9.17, 15) is 9.59 Å². The van der Waals surface area contributed by atoms with Crippen LogP contribution in [0.4, 0.5) is 5.69 Å². The van der Waals surface area contributed by atoms with Gasteiger partial charge in [0.1, 0.15) is 12.3 Å². The zero-order chi connectivity index (χ0) is 18.3. The van der Waals surface area contributed by atoms with Crippen LogP contribution in [-0.4, -0.2) is 31.5 Å². The van der Waals surface area contributed by atoms with Gasteiger partial charge in [0.05, 0.1) is 30.8 Å². The number of halogens is 1. The molecule has 2 aromatic rings. The lowest BCUT2D eigenvalue weighted by atomic mass is 9.98. The fourth-order valence-corrected chi connectivity index (χ4v) is 4.17. The molecular formula is C20H20ClN2O3+. The van der Waals surface area contributed by atoms with Gasteiger partial charge in [-0.1, -0.05) is 35.9 Å². The van der Waals surface area contributed by atoms with E-state index in [1.54, 1.807) is 18.2 Å². The number of carbonyl (C=O) groups is 2. The second-order valence-electron chi connectivity index (χ2n) is 6.75. The predicted octanol–water partition coefficient (Wildman–Crippen LogP) is 1.62. The van der Waals surface area contributed by atoms with Crippen LogP contribution in [0.15, 0.2) is 42.5 Å². The second-order valence-corrected chi connectivity index (χ2v) is 7.15. The lowest BCUT2D eigenvalue weighted by Gasteiger charge is -2.29. The number of rotatable bonds is 3. The first-order valence-corrected chi connectivity index (χ1v) is 9.08. The van der Waals surface area contributed by atoms with Crippen LogP contribution >= 0.6 is 11.6 Å². The van der Waals surface area contributed by atoms with Crippen molar-refractivity contribution in [3.05, 3.63) is 58.6 Å². The smallest absolute Gasteiger partial charge is 0.292 e. The summed E-state index contributed by atoms with van der Waals surface area (Å²) < 4.78 is 5.14.